The first kappa shape index (κ1) is 21.2. The van der Waals surface area contributed by atoms with Crippen molar-refractivity contribution in [2.24, 2.45) is 0 Å². The molecule has 154 valence electrons. The first-order valence-corrected chi connectivity index (χ1v) is 10.8. The third kappa shape index (κ3) is 5.50. The zero-order valence-electron chi connectivity index (χ0n) is 15.7. The Hall–Kier alpha value is -2.54. The summed E-state index contributed by atoms with van der Waals surface area (Å²) in [5, 5.41) is 9.11. The van der Waals surface area contributed by atoms with Crippen LogP contribution in [0, 0.1) is 23.0 Å². The molecule has 29 heavy (non-hydrogen) atoms. The van der Waals surface area contributed by atoms with Crippen LogP contribution in [0.25, 0.3) is 0 Å². The van der Waals surface area contributed by atoms with Crippen LogP contribution in [0.5, 0.6) is 11.5 Å². The summed E-state index contributed by atoms with van der Waals surface area (Å²) >= 11 is 0. The molecule has 0 saturated carbocycles. The summed E-state index contributed by atoms with van der Waals surface area (Å²) in [6.45, 7) is 2.61. The van der Waals surface area contributed by atoms with Gasteiger partial charge in [0.1, 0.15) is 16.5 Å². The normalized spacial score (nSPS) is 15.1. The van der Waals surface area contributed by atoms with Crippen molar-refractivity contribution in [3.63, 3.8) is 0 Å². The minimum absolute atomic E-state index is 0.105. The number of ether oxygens (including phenoxy) is 1. The monoisotopic (exact) mass is 421 g/mol. The summed E-state index contributed by atoms with van der Waals surface area (Å²) in [6, 6.07) is 8.26. The molecular weight excluding hydrogens is 400 g/mol. The maximum atomic E-state index is 13.9. The van der Waals surface area contributed by atoms with E-state index in [1.54, 1.807) is 0 Å². The smallest absolute Gasteiger partial charge is 0.244 e. The van der Waals surface area contributed by atoms with Gasteiger partial charge in [-0.1, -0.05) is 6.42 Å². The van der Waals surface area contributed by atoms with Gasteiger partial charge in [-0.25, -0.2) is 21.9 Å². The predicted molar refractivity (Wildman–Crippen MR) is 103 cm³/mol. The molecule has 1 aliphatic rings. The second-order valence-corrected chi connectivity index (χ2v) is 8.49. The van der Waals surface area contributed by atoms with Crippen molar-refractivity contribution >= 4 is 10.0 Å². The van der Waals surface area contributed by atoms with Crippen molar-refractivity contribution in [3.05, 3.63) is 53.6 Å². The molecule has 2 aromatic carbocycles. The molecule has 1 saturated heterocycles. The molecule has 3 rings (SSSR count). The van der Waals surface area contributed by atoms with Gasteiger partial charge in [-0.05, 0) is 56.3 Å². The highest BCUT2D eigenvalue weighted by Crippen LogP contribution is 2.31. The fourth-order valence-corrected chi connectivity index (χ4v) is 4.32. The van der Waals surface area contributed by atoms with Gasteiger partial charge in [0.15, 0.2) is 11.6 Å². The highest BCUT2D eigenvalue weighted by molar-refractivity contribution is 7.89. The van der Waals surface area contributed by atoms with Crippen LogP contribution in [0.15, 0.2) is 41.3 Å². The minimum atomic E-state index is -4.04. The Morgan fingerprint density at radius 2 is 1.83 bits per heavy atom. The summed E-state index contributed by atoms with van der Waals surface area (Å²) in [5.74, 6) is -2.20. The van der Waals surface area contributed by atoms with E-state index < -0.39 is 27.4 Å². The lowest BCUT2D eigenvalue weighted by molar-refractivity contribution is 0.232. The lowest BCUT2D eigenvalue weighted by Gasteiger charge is -2.26. The Kier molecular flexibility index (Phi) is 6.79. The number of nitriles is 1. The molecule has 1 fully saturated rings. The Morgan fingerprint density at radius 1 is 1.07 bits per heavy atom. The van der Waals surface area contributed by atoms with E-state index in [2.05, 4.69) is 9.62 Å². The first-order valence-electron chi connectivity index (χ1n) is 9.28. The quantitative estimate of drug-likeness (QED) is 0.741. The maximum Gasteiger partial charge on any atom is 0.244 e. The summed E-state index contributed by atoms with van der Waals surface area (Å²) < 4.78 is 60.8. The molecule has 1 aliphatic heterocycles. The van der Waals surface area contributed by atoms with Crippen molar-refractivity contribution in [1.29, 1.82) is 5.26 Å². The van der Waals surface area contributed by atoms with Crippen LogP contribution >= 0.6 is 0 Å². The van der Waals surface area contributed by atoms with Crippen LogP contribution < -0.4 is 9.46 Å². The lowest BCUT2D eigenvalue weighted by Crippen LogP contribution is -2.37. The van der Waals surface area contributed by atoms with Gasteiger partial charge in [0.05, 0.1) is 11.6 Å². The lowest BCUT2D eigenvalue weighted by atomic mass is 10.1. The number of likely N-dealkylation sites (tertiary alicyclic amines) is 1. The standard InChI is InChI=1S/C20H21F2N3O3S/c21-16-5-6-17(22)19(13-16)28-18-7-4-15(14-23)12-20(18)29(26,27)24-8-11-25-9-2-1-3-10-25/h4-7,12-13,24H,1-3,8-11H2. The van der Waals surface area contributed by atoms with Crippen LogP contribution in [-0.2, 0) is 10.0 Å². The first-order chi connectivity index (χ1) is 13.9. The molecule has 2 aromatic rings. The molecule has 6 nitrogen and oxygen atoms in total. The fourth-order valence-electron chi connectivity index (χ4n) is 3.14. The van der Waals surface area contributed by atoms with E-state index in [0.717, 1.165) is 50.2 Å². The van der Waals surface area contributed by atoms with E-state index in [-0.39, 0.29) is 22.8 Å². The molecule has 0 atom stereocenters. The van der Waals surface area contributed by atoms with Gasteiger partial charge in [-0.3, -0.25) is 0 Å². The highest BCUT2D eigenvalue weighted by atomic mass is 32.2. The van der Waals surface area contributed by atoms with Gasteiger partial charge in [0.25, 0.3) is 0 Å². The molecule has 0 amide bonds. The third-order valence-electron chi connectivity index (χ3n) is 4.64. The zero-order valence-corrected chi connectivity index (χ0v) is 16.5. The van der Waals surface area contributed by atoms with E-state index in [0.29, 0.717) is 6.54 Å². The average molecular weight is 421 g/mol. The Labute approximate surface area is 168 Å². The SMILES string of the molecule is N#Cc1ccc(Oc2cc(F)ccc2F)c(S(=O)(=O)NCCN2CCCCC2)c1. The van der Waals surface area contributed by atoms with Crippen molar-refractivity contribution in [2.45, 2.75) is 24.2 Å². The van der Waals surface area contributed by atoms with E-state index in [4.69, 9.17) is 10.00 Å². The number of piperidine rings is 1. The molecule has 9 heteroatoms. The van der Waals surface area contributed by atoms with E-state index >= 15 is 0 Å². The van der Waals surface area contributed by atoms with Gasteiger partial charge in [0.2, 0.25) is 10.0 Å². The molecule has 0 bridgehead atoms. The second kappa shape index (κ2) is 9.31. The van der Waals surface area contributed by atoms with Gasteiger partial charge < -0.3 is 9.64 Å². The topological polar surface area (TPSA) is 82.4 Å². The van der Waals surface area contributed by atoms with Crippen molar-refractivity contribution in [3.8, 4) is 17.6 Å². The molecule has 1 N–H and O–H groups in total. The molecule has 0 aromatic heterocycles. The van der Waals surface area contributed by atoms with Crippen LogP contribution in [0.1, 0.15) is 24.8 Å². The highest BCUT2D eigenvalue weighted by Gasteiger charge is 2.22. The van der Waals surface area contributed by atoms with E-state index in [1.807, 2.05) is 6.07 Å². The Bertz CT molecular complexity index is 1020. The third-order valence-corrected chi connectivity index (χ3v) is 6.13. The van der Waals surface area contributed by atoms with Gasteiger partial charge in [-0.2, -0.15) is 5.26 Å². The Balaban J connectivity index is 1.82. The molecule has 0 aliphatic carbocycles. The Morgan fingerprint density at radius 3 is 2.55 bits per heavy atom. The minimum Gasteiger partial charge on any atom is -0.453 e. The number of nitrogens with zero attached hydrogens (tertiary/aromatic N) is 2. The fraction of sp³-hybridized carbons (Fsp3) is 0.350. The molecule has 0 unspecified atom stereocenters. The maximum absolute atomic E-state index is 13.9. The van der Waals surface area contributed by atoms with Crippen LogP contribution in [0.4, 0.5) is 8.78 Å². The number of halogens is 2. The zero-order chi connectivity index (χ0) is 20.9. The van der Waals surface area contributed by atoms with Crippen molar-refractivity contribution < 1.29 is 21.9 Å². The number of nitrogens with one attached hydrogen (secondary N) is 1. The summed E-state index contributed by atoms with van der Waals surface area (Å²) in [4.78, 5) is 1.87. The average Bonchev–Trinajstić information content (AvgIpc) is 2.71. The van der Waals surface area contributed by atoms with Crippen LogP contribution in [0.2, 0.25) is 0 Å². The number of hydrogen-bond acceptors (Lipinski definition) is 5. The van der Waals surface area contributed by atoms with Gasteiger partial charge in [0, 0.05) is 19.2 Å². The second-order valence-electron chi connectivity index (χ2n) is 6.75. The van der Waals surface area contributed by atoms with Crippen molar-refractivity contribution in [2.75, 3.05) is 26.2 Å². The van der Waals surface area contributed by atoms with Crippen LogP contribution in [0.3, 0.4) is 0 Å². The summed E-state index contributed by atoms with van der Waals surface area (Å²) in [6.07, 6.45) is 3.36. The number of benzene rings is 2. The number of sulfonamides is 1. The molecular formula is C20H21F2N3O3S. The predicted octanol–water partition coefficient (Wildman–Crippen LogP) is 3.39. The van der Waals surface area contributed by atoms with E-state index in [9.17, 15) is 17.2 Å². The summed E-state index contributed by atoms with van der Waals surface area (Å²) in [5.41, 5.74) is 0.105. The molecule has 1 heterocycles. The summed E-state index contributed by atoms with van der Waals surface area (Å²) in [7, 11) is -4.04. The van der Waals surface area contributed by atoms with Crippen molar-refractivity contribution in [1.82, 2.24) is 9.62 Å². The molecule has 0 spiro atoms. The van der Waals surface area contributed by atoms with Gasteiger partial charge in [-0.15, -0.1) is 0 Å². The molecule has 0 radical (unpaired) electrons. The largest absolute Gasteiger partial charge is 0.453 e. The number of rotatable bonds is 7. The number of hydrogen-bond donors (Lipinski definition) is 1. The van der Waals surface area contributed by atoms with E-state index in [1.165, 1.54) is 18.6 Å². The van der Waals surface area contributed by atoms with Gasteiger partial charge >= 0.3 is 0 Å². The van der Waals surface area contributed by atoms with Crippen LogP contribution in [-0.4, -0.2) is 39.5 Å².